The van der Waals surface area contributed by atoms with Gasteiger partial charge in [0.25, 0.3) is 0 Å². The first-order chi connectivity index (χ1) is 4.54. The number of hydrogen-bond acceptors (Lipinski definition) is 2. The van der Waals surface area contributed by atoms with E-state index < -0.39 is 0 Å². The molecule has 2 heteroatoms. The average molecular weight is 142 g/mol. The molecule has 0 heterocycles. The summed E-state index contributed by atoms with van der Waals surface area (Å²) in [6.07, 6.45) is 2.72. The summed E-state index contributed by atoms with van der Waals surface area (Å²) in [5, 5.41) is 3.01. The maximum Gasteiger partial charge on any atom is 0.0848 e. The van der Waals surface area contributed by atoms with E-state index in [1.807, 2.05) is 6.92 Å². The lowest BCUT2D eigenvalue weighted by molar-refractivity contribution is 0.275. The summed E-state index contributed by atoms with van der Waals surface area (Å²) in [6.45, 7) is 9.79. The molecule has 0 spiro atoms. The molecule has 0 amide bonds. The lowest BCUT2D eigenvalue weighted by atomic mass is 9.95. The zero-order valence-electron chi connectivity index (χ0n) is 7.15. The maximum absolute atomic E-state index is 5.90. The minimum atomic E-state index is -0.309. The summed E-state index contributed by atoms with van der Waals surface area (Å²) >= 11 is 0. The molecule has 2 atom stereocenters. The molecule has 60 valence electrons. The predicted molar refractivity (Wildman–Crippen MR) is 45.4 cm³/mol. The highest BCUT2D eigenvalue weighted by molar-refractivity contribution is 4.85. The normalized spacial score (nSPS) is 19.2. The van der Waals surface area contributed by atoms with E-state index >= 15 is 0 Å². The van der Waals surface area contributed by atoms with E-state index in [0.29, 0.717) is 5.92 Å². The van der Waals surface area contributed by atoms with Gasteiger partial charge >= 0.3 is 0 Å². The van der Waals surface area contributed by atoms with Crippen LogP contribution in [0.1, 0.15) is 27.2 Å². The third kappa shape index (κ3) is 2.40. The zero-order valence-corrected chi connectivity index (χ0v) is 7.15. The number of nitrogens with two attached hydrogens (primary N) is 1. The van der Waals surface area contributed by atoms with Gasteiger partial charge in [-0.25, -0.2) is 0 Å². The molecule has 0 saturated heterocycles. The van der Waals surface area contributed by atoms with E-state index in [-0.39, 0.29) is 5.66 Å². The highest BCUT2D eigenvalue weighted by Crippen LogP contribution is 2.13. The van der Waals surface area contributed by atoms with Crippen LogP contribution in [0.3, 0.4) is 0 Å². The van der Waals surface area contributed by atoms with Crippen LogP contribution in [0.5, 0.6) is 0 Å². The average Bonchev–Trinajstić information content (AvgIpc) is 1.86. The van der Waals surface area contributed by atoms with Crippen molar-refractivity contribution in [2.24, 2.45) is 11.7 Å². The van der Waals surface area contributed by atoms with Crippen LogP contribution in [0.25, 0.3) is 0 Å². The number of nitrogens with one attached hydrogen (secondary N) is 1. The Balaban J connectivity index is 3.94. The Morgan fingerprint density at radius 2 is 2.30 bits per heavy atom. The molecular formula is C8H18N2. The Bertz CT molecular complexity index is 108. The second-order valence-corrected chi connectivity index (χ2v) is 2.94. The van der Waals surface area contributed by atoms with Crippen LogP contribution in [-0.2, 0) is 0 Å². The van der Waals surface area contributed by atoms with E-state index in [1.165, 1.54) is 0 Å². The van der Waals surface area contributed by atoms with Gasteiger partial charge in [0.1, 0.15) is 0 Å². The molecule has 0 aromatic carbocycles. The molecule has 0 aliphatic heterocycles. The molecule has 0 aliphatic carbocycles. The number of rotatable bonds is 4. The van der Waals surface area contributed by atoms with Gasteiger partial charge < -0.3 is 11.1 Å². The molecule has 0 rings (SSSR count). The van der Waals surface area contributed by atoms with E-state index in [4.69, 9.17) is 5.73 Å². The minimum Gasteiger partial charge on any atom is -0.374 e. The van der Waals surface area contributed by atoms with Crippen molar-refractivity contribution < 1.29 is 0 Å². The fraction of sp³-hybridized carbons (Fsp3) is 0.750. The predicted octanol–water partition coefficient (Wildman–Crippen LogP) is 1.44. The Hall–Kier alpha value is -0.500. The van der Waals surface area contributed by atoms with E-state index in [2.05, 4.69) is 25.7 Å². The summed E-state index contributed by atoms with van der Waals surface area (Å²) in [7, 11) is 0. The smallest absolute Gasteiger partial charge is 0.0848 e. The van der Waals surface area contributed by atoms with Crippen molar-refractivity contribution in [1.29, 1.82) is 0 Å². The first-order valence-corrected chi connectivity index (χ1v) is 3.72. The fourth-order valence-electron chi connectivity index (χ4n) is 0.786. The molecule has 0 radical (unpaired) electrons. The van der Waals surface area contributed by atoms with Crippen molar-refractivity contribution in [3.05, 3.63) is 12.8 Å². The largest absolute Gasteiger partial charge is 0.374 e. The van der Waals surface area contributed by atoms with Gasteiger partial charge in [0.2, 0.25) is 0 Å². The second kappa shape index (κ2) is 3.62. The van der Waals surface area contributed by atoms with Crippen LogP contribution < -0.4 is 11.1 Å². The molecule has 0 aliphatic rings. The summed E-state index contributed by atoms with van der Waals surface area (Å²) in [5.74, 6) is 0.463. The van der Waals surface area contributed by atoms with Gasteiger partial charge in [0, 0.05) is 0 Å². The molecule has 3 N–H and O–H groups in total. The second-order valence-electron chi connectivity index (χ2n) is 2.94. The molecule has 0 saturated carbocycles. The maximum atomic E-state index is 5.90. The van der Waals surface area contributed by atoms with Crippen LogP contribution in [0, 0.1) is 5.92 Å². The molecule has 1 unspecified atom stereocenters. The van der Waals surface area contributed by atoms with E-state index in [0.717, 1.165) is 6.42 Å². The third-order valence-electron chi connectivity index (χ3n) is 2.05. The molecule has 2 nitrogen and oxygen atoms in total. The standard InChI is InChI=1S/C8H18N2/c1-5-7(3)8(4,9)10-6-2/h6-7,10H,2,5,9H2,1,3-4H3/t7-,8?/m1/s1. The van der Waals surface area contributed by atoms with Crippen molar-refractivity contribution in [2.45, 2.75) is 32.9 Å². The SMILES string of the molecule is C=CNC(C)(N)[C@H](C)CC. The Labute approximate surface area is 63.5 Å². The van der Waals surface area contributed by atoms with Gasteiger partial charge in [-0.05, 0) is 19.0 Å². The minimum absolute atomic E-state index is 0.309. The Morgan fingerprint density at radius 3 is 2.60 bits per heavy atom. The van der Waals surface area contributed by atoms with Gasteiger partial charge in [-0.2, -0.15) is 0 Å². The van der Waals surface area contributed by atoms with Crippen molar-refractivity contribution in [1.82, 2.24) is 5.32 Å². The molecule has 10 heavy (non-hydrogen) atoms. The molecule has 0 bridgehead atoms. The van der Waals surface area contributed by atoms with Crippen LogP contribution in [0.2, 0.25) is 0 Å². The van der Waals surface area contributed by atoms with Gasteiger partial charge in [-0.15, -0.1) is 0 Å². The molecule has 0 aromatic rings. The summed E-state index contributed by atoms with van der Waals surface area (Å²) < 4.78 is 0. The lowest BCUT2D eigenvalue weighted by Gasteiger charge is -2.31. The van der Waals surface area contributed by atoms with Crippen LogP contribution in [0.4, 0.5) is 0 Å². The van der Waals surface area contributed by atoms with E-state index in [9.17, 15) is 0 Å². The molecule has 0 fully saturated rings. The van der Waals surface area contributed by atoms with Crippen molar-refractivity contribution in [3.63, 3.8) is 0 Å². The van der Waals surface area contributed by atoms with Gasteiger partial charge in [0.15, 0.2) is 0 Å². The third-order valence-corrected chi connectivity index (χ3v) is 2.05. The molecular weight excluding hydrogens is 124 g/mol. The van der Waals surface area contributed by atoms with Crippen molar-refractivity contribution >= 4 is 0 Å². The highest BCUT2D eigenvalue weighted by atomic mass is 15.1. The van der Waals surface area contributed by atoms with Crippen LogP contribution in [0.15, 0.2) is 12.8 Å². The van der Waals surface area contributed by atoms with Crippen LogP contribution in [-0.4, -0.2) is 5.66 Å². The Morgan fingerprint density at radius 1 is 1.80 bits per heavy atom. The van der Waals surface area contributed by atoms with Gasteiger partial charge in [-0.3, -0.25) is 0 Å². The monoisotopic (exact) mass is 142 g/mol. The van der Waals surface area contributed by atoms with Gasteiger partial charge in [0.05, 0.1) is 5.66 Å². The molecule has 0 aromatic heterocycles. The van der Waals surface area contributed by atoms with Crippen molar-refractivity contribution in [2.75, 3.05) is 0 Å². The van der Waals surface area contributed by atoms with Gasteiger partial charge in [-0.1, -0.05) is 26.8 Å². The van der Waals surface area contributed by atoms with Crippen molar-refractivity contribution in [3.8, 4) is 0 Å². The topological polar surface area (TPSA) is 38.0 Å². The quantitative estimate of drug-likeness (QED) is 0.583. The van der Waals surface area contributed by atoms with E-state index in [1.54, 1.807) is 6.20 Å². The Kier molecular flexibility index (Phi) is 3.43. The lowest BCUT2D eigenvalue weighted by Crippen LogP contribution is -2.53. The highest BCUT2D eigenvalue weighted by Gasteiger charge is 2.22. The summed E-state index contributed by atoms with van der Waals surface area (Å²) in [4.78, 5) is 0. The summed E-state index contributed by atoms with van der Waals surface area (Å²) in [6, 6.07) is 0. The van der Waals surface area contributed by atoms with Crippen LogP contribution >= 0.6 is 0 Å². The first kappa shape index (κ1) is 9.50. The summed E-state index contributed by atoms with van der Waals surface area (Å²) in [5.41, 5.74) is 5.59. The first-order valence-electron chi connectivity index (χ1n) is 3.72. The zero-order chi connectivity index (χ0) is 8.20. The number of hydrogen-bond donors (Lipinski definition) is 2. The fourth-order valence-corrected chi connectivity index (χ4v) is 0.786.